The first-order valence-electron chi connectivity index (χ1n) is 4.98. The van der Waals surface area contributed by atoms with E-state index in [1.54, 1.807) is 0 Å². The van der Waals surface area contributed by atoms with Gasteiger partial charge in [0, 0.05) is 24.9 Å². The lowest BCUT2D eigenvalue weighted by Crippen LogP contribution is -2.26. The van der Waals surface area contributed by atoms with E-state index in [2.05, 4.69) is 10.1 Å². The van der Waals surface area contributed by atoms with E-state index < -0.39 is 23.6 Å². The molecule has 8 nitrogen and oxygen atoms in total. The van der Waals surface area contributed by atoms with Crippen molar-refractivity contribution in [2.75, 3.05) is 18.5 Å². The third-order valence-corrected chi connectivity index (χ3v) is 2.22. The lowest BCUT2D eigenvalue weighted by molar-refractivity contribution is -0.384. The van der Waals surface area contributed by atoms with Crippen molar-refractivity contribution in [3.8, 4) is 0 Å². The van der Waals surface area contributed by atoms with Crippen molar-refractivity contribution in [1.29, 1.82) is 0 Å². The van der Waals surface area contributed by atoms with E-state index in [9.17, 15) is 18.9 Å². The number of alkyl halides is 2. The third kappa shape index (κ3) is 3.47. The van der Waals surface area contributed by atoms with Crippen molar-refractivity contribution in [3.05, 3.63) is 27.9 Å². The van der Waals surface area contributed by atoms with Crippen LogP contribution in [0.2, 0.25) is 0 Å². The van der Waals surface area contributed by atoms with Gasteiger partial charge < -0.3 is 15.8 Å². The minimum atomic E-state index is -2.66. The van der Waals surface area contributed by atoms with Crippen LogP contribution in [0.1, 0.15) is 5.56 Å². The molecular formula is C9H11F2N5O3. The normalized spacial score (nSPS) is 11.7. The van der Waals surface area contributed by atoms with Gasteiger partial charge in [-0.1, -0.05) is 5.16 Å². The number of nitro groups is 1. The molecule has 0 saturated carbocycles. The fraction of sp³-hybridized carbons (Fsp3) is 0.333. The third-order valence-electron chi connectivity index (χ3n) is 2.22. The van der Waals surface area contributed by atoms with Crippen LogP contribution >= 0.6 is 0 Å². The molecule has 1 aromatic heterocycles. The number of nitrogens with zero attached hydrogens (tertiary/aromatic N) is 4. The molecule has 19 heavy (non-hydrogen) atoms. The summed E-state index contributed by atoms with van der Waals surface area (Å²) in [7, 11) is 1.25. The molecule has 0 aliphatic carbocycles. The first-order chi connectivity index (χ1) is 8.86. The first-order valence-corrected chi connectivity index (χ1v) is 4.98. The number of oxime groups is 1. The van der Waals surface area contributed by atoms with E-state index in [0.717, 1.165) is 17.2 Å². The molecule has 0 amide bonds. The molecule has 1 heterocycles. The SMILES string of the molecule is CN(CC(F)F)c1ncc(C(N)=NO)cc1[N+](=O)[O-]. The summed E-state index contributed by atoms with van der Waals surface area (Å²) < 4.78 is 24.5. The predicted octanol–water partition coefficient (Wildman–Crippen LogP) is 0.786. The fourth-order valence-electron chi connectivity index (χ4n) is 1.37. The highest BCUT2D eigenvalue weighted by Gasteiger charge is 2.22. The van der Waals surface area contributed by atoms with Gasteiger partial charge in [-0.15, -0.1) is 0 Å². The van der Waals surface area contributed by atoms with Crippen LogP contribution < -0.4 is 10.6 Å². The molecule has 0 unspecified atom stereocenters. The summed E-state index contributed by atoms with van der Waals surface area (Å²) in [4.78, 5) is 14.8. The van der Waals surface area contributed by atoms with Gasteiger partial charge in [0.05, 0.1) is 11.5 Å². The van der Waals surface area contributed by atoms with Crippen LogP contribution in [0.4, 0.5) is 20.3 Å². The molecule has 0 aromatic carbocycles. The number of pyridine rings is 1. The van der Waals surface area contributed by atoms with Gasteiger partial charge in [0.2, 0.25) is 5.82 Å². The Morgan fingerprint density at radius 2 is 2.37 bits per heavy atom. The van der Waals surface area contributed by atoms with Crippen LogP contribution in [0.25, 0.3) is 0 Å². The monoisotopic (exact) mass is 275 g/mol. The maximum Gasteiger partial charge on any atom is 0.312 e. The van der Waals surface area contributed by atoms with Gasteiger partial charge in [0.15, 0.2) is 5.84 Å². The number of anilines is 1. The first kappa shape index (κ1) is 14.5. The second kappa shape index (κ2) is 5.89. The van der Waals surface area contributed by atoms with Gasteiger partial charge in [-0.25, -0.2) is 13.8 Å². The molecule has 10 heteroatoms. The van der Waals surface area contributed by atoms with E-state index in [-0.39, 0.29) is 17.2 Å². The molecule has 0 aliphatic rings. The zero-order chi connectivity index (χ0) is 14.6. The quantitative estimate of drug-likeness (QED) is 0.269. The number of rotatable bonds is 5. The number of nitrogens with two attached hydrogens (primary N) is 1. The second-order valence-corrected chi connectivity index (χ2v) is 3.58. The standard InChI is InChI=1S/C9H11F2N5O3/c1-15(4-7(10)11)9-6(16(18)19)2-5(3-13-9)8(12)14-17/h2-3,7,17H,4H2,1H3,(H2,12,14). The maximum absolute atomic E-state index is 12.3. The summed E-state index contributed by atoms with van der Waals surface area (Å²) in [6.45, 7) is -0.698. The van der Waals surface area contributed by atoms with Gasteiger partial charge in [0.25, 0.3) is 6.43 Å². The number of amidine groups is 1. The van der Waals surface area contributed by atoms with E-state index in [1.165, 1.54) is 7.05 Å². The number of hydrogen-bond donors (Lipinski definition) is 2. The Morgan fingerprint density at radius 1 is 1.74 bits per heavy atom. The van der Waals surface area contributed by atoms with Gasteiger partial charge in [0.1, 0.15) is 0 Å². The minimum absolute atomic E-state index is 0.0170. The van der Waals surface area contributed by atoms with Crippen LogP contribution in [-0.2, 0) is 0 Å². The average Bonchev–Trinajstić information content (AvgIpc) is 2.36. The Balaban J connectivity index is 3.22. The fourth-order valence-corrected chi connectivity index (χ4v) is 1.37. The molecule has 0 fully saturated rings. The maximum atomic E-state index is 12.3. The molecule has 1 rings (SSSR count). The van der Waals surface area contributed by atoms with Crippen molar-refractivity contribution in [2.45, 2.75) is 6.43 Å². The Kier molecular flexibility index (Phi) is 4.51. The number of hydrogen-bond acceptors (Lipinski definition) is 6. The molecule has 0 radical (unpaired) electrons. The second-order valence-electron chi connectivity index (χ2n) is 3.58. The summed E-state index contributed by atoms with van der Waals surface area (Å²) in [6, 6.07) is 0.999. The summed E-state index contributed by atoms with van der Waals surface area (Å²) >= 11 is 0. The van der Waals surface area contributed by atoms with Crippen LogP contribution in [0.3, 0.4) is 0 Å². The molecule has 1 aromatic rings. The van der Waals surface area contributed by atoms with Crippen molar-refractivity contribution in [2.24, 2.45) is 10.9 Å². The van der Waals surface area contributed by atoms with Crippen LogP contribution in [0.15, 0.2) is 17.4 Å². The van der Waals surface area contributed by atoms with Crippen molar-refractivity contribution < 1.29 is 18.9 Å². The topological polar surface area (TPSA) is 118 Å². The molecule has 3 N–H and O–H groups in total. The van der Waals surface area contributed by atoms with Gasteiger partial charge >= 0.3 is 5.69 Å². The Labute approximate surface area is 106 Å². The van der Waals surface area contributed by atoms with Crippen molar-refractivity contribution >= 4 is 17.3 Å². The van der Waals surface area contributed by atoms with E-state index in [4.69, 9.17) is 10.9 Å². The predicted molar refractivity (Wildman–Crippen MR) is 62.7 cm³/mol. The number of aromatic nitrogens is 1. The Hall–Kier alpha value is -2.52. The highest BCUT2D eigenvalue weighted by molar-refractivity contribution is 5.97. The van der Waals surface area contributed by atoms with E-state index in [0.29, 0.717) is 0 Å². The highest BCUT2D eigenvalue weighted by Crippen LogP contribution is 2.26. The molecule has 0 spiro atoms. The molecule has 0 aliphatic heterocycles. The van der Waals surface area contributed by atoms with Gasteiger partial charge in [-0.3, -0.25) is 10.1 Å². The molecular weight excluding hydrogens is 264 g/mol. The zero-order valence-corrected chi connectivity index (χ0v) is 9.83. The summed E-state index contributed by atoms with van der Waals surface area (Å²) in [5, 5.41) is 22.0. The van der Waals surface area contributed by atoms with Crippen LogP contribution in [0.5, 0.6) is 0 Å². The molecule has 0 atom stereocenters. The smallest absolute Gasteiger partial charge is 0.312 e. The largest absolute Gasteiger partial charge is 0.409 e. The zero-order valence-electron chi connectivity index (χ0n) is 9.83. The average molecular weight is 275 g/mol. The minimum Gasteiger partial charge on any atom is -0.409 e. The molecule has 0 saturated heterocycles. The van der Waals surface area contributed by atoms with E-state index in [1.807, 2.05) is 0 Å². The van der Waals surface area contributed by atoms with E-state index >= 15 is 0 Å². The van der Waals surface area contributed by atoms with Crippen molar-refractivity contribution in [3.63, 3.8) is 0 Å². The summed E-state index contributed by atoms with van der Waals surface area (Å²) in [5.41, 5.74) is 4.78. The van der Waals surface area contributed by atoms with Gasteiger partial charge in [-0.2, -0.15) is 0 Å². The van der Waals surface area contributed by atoms with Crippen LogP contribution in [-0.4, -0.2) is 41.0 Å². The molecule has 0 bridgehead atoms. The van der Waals surface area contributed by atoms with Crippen molar-refractivity contribution in [1.82, 2.24) is 4.98 Å². The lowest BCUT2D eigenvalue weighted by atomic mass is 10.2. The molecule has 104 valence electrons. The Morgan fingerprint density at radius 3 is 2.84 bits per heavy atom. The number of halogens is 2. The summed E-state index contributed by atoms with van der Waals surface area (Å²) in [6.07, 6.45) is -1.56. The highest BCUT2D eigenvalue weighted by atomic mass is 19.3. The van der Waals surface area contributed by atoms with Crippen LogP contribution in [0, 0.1) is 10.1 Å². The lowest BCUT2D eigenvalue weighted by Gasteiger charge is -2.17. The summed E-state index contributed by atoms with van der Waals surface area (Å²) in [5.74, 6) is -0.585. The Bertz CT molecular complexity index is 509. The van der Waals surface area contributed by atoms with Gasteiger partial charge in [-0.05, 0) is 0 Å².